The number of rotatable bonds is 3. The van der Waals surface area contributed by atoms with Crippen LogP contribution < -0.4 is 5.32 Å². The van der Waals surface area contributed by atoms with Gasteiger partial charge in [-0.15, -0.1) is 0 Å². The summed E-state index contributed by atoms with van der Waals surface area (Å²) in [5.41, 5.74) is 0. The van der Waals surface area contributed by atoms with Crippen LogP contribution in [0.25, 0.3) is 0 Å². The van der Waals surface area contributed by atoms with Gasteiger partial charge in [0.2, 0.25) is 0 Å². The Morgan fingerprint density at radius 3 is 3.12 bits per heavy atom. The van der Waals surface area contributed by atoms with Gasteiger partial charge in [0.05, 0.1) is 12.7 Å². The van der Waals surface area contributed by atoms with E-state index < -0.39 is 0 Å². The van der Waals surface area contributed by atoms with Crippen molar-refractivity contribution in [2.24, 2.45) is 0 Å². The Kier molecular flexibility index (Phi) is 3.43. The Bertz CT molecular complexity index is 332. The standard InChI is InChI=1S/C13H21N3O/c1-2-9-16(10-11-6-8-15-17-11)13(5-1)12-4-3-7-14-12/h6,8,12-14H,1-5,7,9-10H2. The quantitative estimate of drug-likeness (QED) is 0.867. The summed E-state index contributed by atoms with van der Waals surface area (Å²) in [6.45, 7) is 3.31. The van der Waals surface area contributed by atoms with Gasteiger partial charge in [0.15, 0.2) is 5.76 Å². The van der Waals surface area contributed by atoms with Gasteiger partial charge in [-0.2, -0.15) is 0 Å². The largest absolute Gasteiger partial charge is 0.360 e. The highest BCUT2D eigenvalue weighted by Gasteiger charge is 2.31. The van der Waals surface area contributed by atoms with Crippen molar-refractivity contribution in [3.05, 3.63) is 18.0 Å². The first-order chi connectivity index (χ1) is 8.43. The molecule has 17 heavy (non-hydrogen) atoms. The van der Waals surface area contributed by atoms with Gasteiger partial charge in [-0.05, 0) is 38.8 Å². The van der Waals surface area contributed by atoms with Gasteiger partial charge in [-0.25, -0.2) is 0 Å². The zero-order valence-corrected chi connectivity index (χ0v) is 10.3. The second kappa shape index (κ2) is 5.19. The minimum Gasteiger partial charge on any atom is -0.360 e. The Morgan fingerprint density at radius 2 is 2.35 bits per heavy atom. The maximum atomic E-state index is 5.24. The average molecular weight is 235 g/mol. The summed E-state index contributed by atoms with van der Waals surface area (Å²) >= 11 is 0. The van der Waals surface area contributed by atoms with Crippen molar-refractivity contribution in [1.29, 1.82) is 0 Å². The van der Waals surface area contributed by atoms with Crippen LogP contribution in [-0.2, 0) is 6.54 Å². The van der Waals surface area contributed by atoms with Crippen molar-refractivity contribution in [2.45, 2.75) is 50.7 Å². The maximum Gasteiger partial charge on any atom is 0.150 e. The Hall–Kier alpha value is -0.870. The summed E-state index contributed by atoms with van der Waals surface area (Å²) in [4.78, 5) is 2.58. The molecule has 3 heterocycles. The van der Waals surface area contributed by atoms with Gasteiger partial charge in [0, 0.05) is 18.2 Å². The van der Waals surface area contributed by atoms with Crippen molar-refractivity contribution >= 4 is 0 Å². The first-order valence-corrected chi connectivity index (χ1v) is 6.80. The third-order valence-corrected chi connectivity index (χ3v) is 4.08. The molecule has 3 rings (SSSR count). The van der Waals surface area contributed by atoms with Crippen molar-refractivity contribution in [2.75, 3.05) is 13.1 Å². The monoisotopic (exact) mass is 235 g/mol. The van der Waals surface area contributed by atoms with E-state index in [1.54, 1.807) is 6.20 Å². The highest BCUT2D eigenvalue weighted by molar-refractivity contribution is 4.97. The van der Waals surface area contributed by atoms with Crippen LogP contribution in [0, 0.1) is 0 Å². The molecular weight excluding hydrogens is 214 g/mol. The molecule has 2 aliphatic heterocycles. The Balaban J connectivity index is 1.66. The van der Waals surface area contributed by atoms with Crippen LogP contribution in [0.5, 0.6) is 0 Å². The van der Waals surface area contributed by atoms with Crippen molar-refractivity contribution in [3.63, 3.8) is 0 Å². The minimum absolute atomic E-state index is 0.691. The van der Waals surface area contributed by atoms with Gasteiger partial charge >= 0.3 is 0 Å². The van der Waals surface area contributed by atoms with E-state index >= 15 is 0 Å². The number of hydrogen-bond donors (Lipinski definition) is 1. The van der Waals surface area contributed by atoms with E-state index in [4.69, 9.17) is 4.52 Å². The maximum absolute atomic E-state index is 5.24. The average Bonchev–Trinajstić information content (AvgIpc) is 3.01. The summed E-state index contributed by atoms with van der Waals surface area (Å²) in [5, 5.41) is 7.44. The molecule has 2 atom stereocenters. The molecule has 1 N–H and O–H groups in total. The number of nitrogens with zero attached hydrogens (tertiary/aromatic N) is 2. The molecule has 2 aliphatic rings. The van der Waals surface area contributed by atoms with Crippen LogP contribution in [0.4, 0.5) is 0 Å². The van der Waals surface area contributed by atoms with Gasteiger partial charge < -0.3 is 9.84 Å². The van der Waals surface area contributed by atoms with Gasteiger partial charge in [-0.3, -0.25) is 4.90 Å². The molecule has 0 aromatic carbocycles. The van der Waals surface area contributed by atoms with E-state index in [1.165, 1.54) is 45.2 Å². The van der Waals surface area contributed by atoms with Gasteiger partial charge in [0.1, 0.15) is 0 Å². The van der Waals surface area contributed by atoms with Crippen LogP contribution in [0.1, 0.15) is 37.9 Å². The van der Waals surface area contributed by atoms with Crippen LogP contribution in [0.2, 0.25) is 0 Å². The van der Waals surface area contributed by atoms with Crippen LogP contribution >= 0.6 is 0 Å². The molecule has 4 heteroatoms. The first-order valence-electron chi connectivity index (χ1n) is 6.80. The molecule has 2 saturated heterocycles. The molecule has 0 bridgehead atoms. The van der Waals surface area contributed by atoms with Gasteiger partial charge in [0.25, 0.3) is 0 Å². The molecule has 4 nitrogen and oxygen atoms in total. The molecule has 94 valence electrons. The predicted octanol–water partition coefficient (Wildman–Crippen LogP) is 1.78. The Labute approximate surface area is 102 Å². The SMILES string of the molecule is c1cc(CN2CCCCC2C2CCCN2)on1. The molecule has 2 unspecified atom stereocenters. The first kappa shape index (κ1) is 11.2. The summed E-state index contributed by atoms with van der Waals surface area (Å²) in [7, 11) is 0. The molecule has 0 spiro atoms. The van der Waals surface area contributed by atoms with E-state index in [1.807, 2.05) is 6.07 Å². The number of aromatic nitrogens is 1. The second-order valence-electron chi connectivity index (χ2n) is 5.22. The van der Waals surface area contributed by atoms with Gasteiger partial charge in [-0.1, -0.05) is 11.6 Å². The lowest BCUT2D eigenvalue weighted by Gasteiger charge is -2.38. The summed E-state index contributed by atoms with van der Waals surface area (Å²) < 4.78 is 5.24. The van der Waals surface area contributed by atoms with E-state index in [0.717, 1.165) is 12.3 Å². The molecule has 0 saturated carbocycles. The molecule has 1 aromatic heterocycles. The predicted molar refractivity (Wildman–Crippen MR) is 65.6 cm³/mol. The number of nitrogens with one attached hydrogen (secondary N) is 1. The molecule has 2 fully saturated rings. The Morgan fingerprint density at radius 1 is 1.35 bits per heavy atom. The summed E-state index contributed by atoms with van der Waals surface area (Å²) in [6, 6.07) is 3.36. The third kappa shape index (κ3) is 2.53. The van der Waals surface area contributed by atoms with E-state index in [2.05, 4.69) is 15.4 Å². The molecule has 1 aromatic rings. The van der Waals surface area contributed by atoms with Crippen molar-refractivity contribution < 1.29 is 4.52 Å². The lowest BCUT2D eigenvalue weighted by atomic mass is 9.94. The van der Waals surface area contributed by atoms with Crippen LogP contribution in [-0.4, -0.2) is 35.2 Å². The fourth-order valence-electron chi connectivity index (χ4n) is 3.23. The minimum atomic E-state index is 0.691. The van der Waals surface area contributed by atoms with Crippen LogP contribution in [0.15, 0.2) is 16.8 Å². The fraction of sp³-hybridized carbons (Fsp3) is 0.769. The highest BCUT2D eigenvalue weighted by atomic mass is 16.5. The highest BCUT2D eigenvalue weighted by Crippen LogP contribution is 2.25. The zero-order chi connectivity index (χ0) is 11.5. The van der Waals surface area contributed by atoms with Crippen molar-refractivity contribution in [3.8, 4) is 0 Å². The smallest absolute Gasteiger partial charge is 0.150 e. The summed E-state index contributed by atoms with van der Waals surface area (Å²) in [6.07, 6.45) is 8.41. The number of hydrogen-bond acceptors (Lipinski definition) is 4. The van der Waals surface area contributed by atoms with E-state index in [-0.39, 0.29) is 0 Å². The zero-order valence-electron chi connectivity index (χ0n) is 10.3. The second-order valence-corrected chi connectivity index (χ2v) is 5.22. The fourth-order valence-corrected chi connectivity index (χ4v) is 3.23. The van der Waals surface area contributed by atoms with E-state index in [0.29, 0.717) is 12.1 Å². The summed E-state index contributed by atoms with van der Waals surface area (Å²) in [5.74, 6) is 0.995. The topological polar surface area (TPSA) is 41.3 Å². The lowest BCUT2D eigenvalue weighted by molar-refractivity contribution is 0.101. The third-order valence-electron chi connectivity index (χ3n) is 4.08. The lowest BCUT2D eigenvalue weighted by Crippen LogP contribution is -2.49. The normalized spacial score (nSPS) is 30.8. The van der Waals surface area contributed by atoms with Crippen LogP contribution in [0.3, 0.4) is 0 Å². The molecule has 0 aliphatic carbocycles. The molecule has 0 amide bonds. The molecular formula is C13H21N3O. The molecule has 0 radical (unpaired) electrons. The van der Waals surface area contributed by atoms with E-state index in [9.17, 15) is 0 Å². The van der Waals surface area contributed by atoms with Crippen molar-refractivity contribution in [1.82, 2.24) is 15.4 Å². The number of piperidine rings is 1. The number of likely N-dealkylation sites (tertiary alicyclic amines) is 1.